The quantitative estimate of drug-likeness (QED) is 0.708. The van der Waals surface area contributed by atoms with Crippen molar-refractivity contribution in [1.29, 1.82) is 0 Å². The number of carbonyl (C=O) groups is 1. The summed E-state index contributed by atoms with van der Waals surface area (Å²) in [4.78, 5) is 19.6. The van der Waals surface area contributed by atoms with E-state index in [0.717, 1.165) is 44.7 Å². The maximum atomic E-state index is 13.3. The molecule has 1 saturated carbocycles. The molecule has 0 spiro atoms. The van der Waals surface area contributed by atoms with Crippen molar-refractivity contribution in [3.63, 3.8) is 0 Å². The van der Waals surface area contributed by atoms with E-state index in [9.17, 15) is 9.18 Å². The van der Waals surface area contributed by atoms with Crippen LogP contribution in [0.15, 0.2) is 48.5 Å². The summed E-state index contributed by atoms with van der Waals surface area (Å²) in [5, 5.41) is 3.26. The van der Waals surface area contributed by atoms with Gasteiger partial charge in [0.15, 0.2) is 0 Å². The second-order valence-electron chi connectivity index (χ2n) is 9.23. The number of nitrogens with one attached hydrogen (secondary N) is 1. The molecule has 2 aliphatic rings. The molecule has 0 bridgehead atoms. The lowest BCUT2D eigenvalue weighted by Crippen LogP contribution is -2.50. The predicted octanol–water partition coefficient (Wildman–Crippen LogP) is 4.06. The molecule has 1 atom stereocenters. The first-order valence-electron chi connectivity index (χ1n) is 11.8. The molecule has 1 amide bonds. The van der Waals surface area contributed by atoms with Crippen LogP contribution in [0.1, 0.15) is 37.3 Å². The smallest absolute Gasteiger partial charge is 0.223 e. The highest BCUT2D eigenvalue weighted by Crippen LogP contribution is 2.28. The second kappa shape index (κ2) is 10.3. The van der Waals surface area contributed by atoms with Gasteiger partial charge in [-0.25, -0.2) is 4.39 Å². The number of anilines is 2. The molecule has 4 rings (SSSR count). The zero-order valence-electron chi connectivity index (χ0n) is 19.3. The molecule has 32 heavy (non-hydrogen) atoms. The minimum atomic E-state index is -0.202. The number of piperazine rings is 1. The highest BCUT2D eigenvalue weighted by Gasteiger charge is 2.28. The topological polar surface area (TPSA) is 38.8 Å². The first-order valence-corrected chi connectivity index (χ1v) is 11.8. The minimum Gasteiger partial charge on any atom is -0.378 e. The average Bonchev–Trinajstić information content (AvgIpc) is 3.36. The lowest BCUT2D eigenvalue weighted by molar-refractivity contribution is -0.125. The van der Waals surface area contributed by atoms with Crippen LogP contribution in [0.4, 0.5) is 15.8 Å². The molecular weight excluding hydrogens is 403 g/mol. The number of benzene rings is 2. The van der Waals surface area contributed by atoms with Crippen molar-refractivity contribution in [2.45, 2.75) is 31.7 Å². The van der Waals surface area contributed by atoms with E-state index in [-0.39, 0.29) is 23.7 Å². The maximum absolute atomic E-state index is 13.3. The summed E-state index contributed by atoms with van der Waals surface area (Å²) in [5.41, 5.74) is 3.47. The number of halogens is 1. The summed E-state index contributed by atoms with van der Waals surface area (Å²) in [6, 6.07) is 15.6. The van der Waals surface area contributed by atoms with Gasteiger partial charge in [-0.15, -0.1) is 0 Å². The van der Waals surface area contributed by atoms with Crippen molar-refractivity contribution in [2.24, 2.45) is 5.92 Å². The first kappa shape index (κ1) is 22.6. The normalized spacial score (nSPS) is 18.5. The molecule has 1 saturated heterocycles. The van der Waals surface area contributed by atoms with Crippen molar-refractivity contribution in [3.05, 3.63) is 59.9 Å². The van der Waals surface area contributed by atoms with E-state index in [1.54, 1.807) is 0 Å². The van der Waals surface area contributed by atoms with Crippen LogP contribution in [0.3, 0.4) is 0 Å². The van der Waals surface area contributed by atoms with Crippen LogP contribution in [0.2, 0.25) is 0 Å². The van der Waals surface area contributed by atoms with Gasteiger partial charge in [0.05, 0.1) is 6.04 Å². The molecule has 0 radical (unpaired) electrons. The monoisotopic (exact) mass is 438 g/mol. The third-order valence-electron chi connectivity index (χ3n) is 6.94. The van der Waals surface area contributed by atoms with Crippen LogP contribution in [0, 0.1) is 11.7 Å². The summed E-state index contributed by atoms with van der Waals surface area (Å²) in [6.07, 6.45) is 4.37. The van der Waals surface area contributed by atoms with Crippen molar-refractivity contribution >= 4 is 17.3 Å². The van der Waals surface area contributed by atoms with E-state index in [4.69, 9.17) is 0 Å². The Morgan fingerprint density at radius 2 is 1.62 bits per heavy atom. The zero-order valence-corrected chi connectivity index (χ0v) is 19.3. The summed E-state index contributed by atoms with van der Waals surface area (Å²) in [7, 11) is 4.09. The molecule has 1 aliphatic carbocycles. The average molecular weight is 439 g/mol. The second-order valence-corrected chi connectivity index (χ2v) is 9.23. The van der Waals surface area contributed by atoms with Gasteiger partial charge in [0, 0.05) is 64.1 Å². The maximum Gasteiger partial charge on any atom is 0.223 e. The molecular formula is C26H35FN4O. The Morgan fingerprint density at radius 3 is 2.22 bits per heavy atom. The van der Waals surface area contributed by atoms with E-state index < -0.39 is 0 Å². The summed E-state index contributed by atoms with van der Waals surface area (Å²) >= 11 is 0. The zero-order chi connectivity index (χ0) is 22.5. The molecule has 0 aromatic heterocycles. The van der Waals surface area contributed by atoms with Crippen molar-refractivity contribution in [3.8, 4) is 0 Å². The summed E-state index contributed by atoms with van der Waals surface area (Å²) < 4.78 is 13.3. The highest BCUT2D eigenvalue weighted by molar-refractivity contribution is 5.78. The van der Waals surface area contributed by atoms with Gasteiger partial charge in [0.1, 0.15) is 5.82 Å². The molecule has 1 N–H and O–H groups in total. The lowest BCUT2D eigenvalue weighted by atomic mass is 10.0. The van der Waals surface area contributed by atoms with E-state index in [1.165, 1.54) is 36.2 Å². The van der Waals surface area contributed by atoms with Crippen molar-refractivity contribution in [2.75, 3.05) is 56.6 Å². The molecule has 1 heterocycles. The number of hydrogen-bond donors (Lipinski definition) is 1. The van der Waals surface area contributed by atoms with E-state index >= 15 is 0 Å². The number of nitrogens with zero attached hydrogens (tertiary/aromatic N) is 3. The Hall–Kier alpha value is -2.60. The fraction of sp³-hybridized carbons (Fsp3) is 0.500. The van der Waals surface area contributed by atoms with Crippen molar-refractivity contribution < 1.29 is 9.18 Å². The van der Waals surface area contributed by atoms with Crippen LogP contribution < -0.4 is 15.1 Å². The lowest BCUT2D eigenvalue weighted by Gasteiger charge is -2.40. The van der Waals surface area contributed by atoms with Gasteiger partial charge in [-0.2, -0.15) is 0 Å². The SMILES string of the molecule is CN(C)c1ccc(C(CNC(=O)C2CCCC2)N2CCN(c3ccc(F)cc3)CC2)cc1. The van der Waals surface area contributed by atoms with Crippen LogP contribution in [0.5, 0.6) is 0 Å². The number of rotatable bonds is 7. The largest absolute Gasteiger partial charge is 0.378 e. The Balaban J connectivity index is 1.44. The van der Waals surface area contributed by atoms with E-state index in [0.29, 0.717) is 6.54 Å². The Labute approximate surface area is 191 Å². The molecule has 1 aliphatic heterocycles. The van der Waals surface area contributed by atoms with Gasteiger partial charge < -0.3 is 15.1 Å². The third kappa shape index (κ3) is 5.41. The molecule has 172 valence electrons. The fourth-order valence-electron chi connectivity index (χ4n) is 4.93. The molecule has 2 fully saturated rings. The highest BCUT2D eigenvalue weighted by atomic mass is 19.1. The van der Waals surface area contributed by atoms with Crippen LogP contribution in [-0.2, 0) is 4.79 Å². The minimum absolute atomic E-state index is 0.145. The summed E-state index contributed by atoms with van der Waals surface area (Å²) in [6.45, 7) is 4.20. The van der Waals surface area contributed by atoms with Gasteiger partial charge in [-0.05, 0) is 54.8 Å². The fourth-order valence-corrected chi connectivity index (χ4v) is 4.93. The van der Waals surface area contributed by atoms with Gasteiger partial charge in [0.2, 0.25) is 5.91 Å². The Morgan fingerprint density at radius 1 is 1.00 bits per heavy atom. The van der Waals surface area contributed by atoms with Crippen LogP contribution in [-0.4, -0.2) is 57.6 Å². The molecule has 5 nitrogen and oxygen atoms in total. The summed E-state index contributed by atoms with van der Waals surface area (Å²) in [5.74, 6) is 0.191. The molecule has 2 aromatic rings. The molecule has 1 unspecified atom stereocenters. The van der Waals surface area contributed by atoms with Crippen LogP contribution in [0.25, 0.3) is 0 Å². The first-order chi connectivity index (χ1) is 15.5. The Bertz CT molecular complexity index is 870. The standard InChI is InChI=1S/C26H35FN4O/c1-29(2)23-11-7-20(8-12-23)25(19-28-26(32)21-5-3-4-6-21)31-17-15-30(16-18-31)24-13-9-22(27)10-14-24/h7-14,21,25H,3-6,15-19H2,1-2H3,(H,28,32). The Kier molecular flexibility index (Phi) is 7.30. The number of hydrogen-bond acceptors (Lipinski definition) is 4. The number of amides is 1. The van der Waals surface area contributed by atoms with Gasteiger partial charge >= 0.3 is 0 Å². The third-order valence-corrected chi connectivity index (χ3v) is 6.94. The van der Waals surface area contributed by atoms with Gasteiger partial charge in [-0.1, -0.05) is 25.0 Å². The van der Waals surface area contributed by atoms with E-state index in [1.807, 2.05) is 26.2 Å². The van der Waals surface area contributed by atoms with Gasteiger partial charge in [0.25, 0.3) is 0 Å². The number of carbonyl (C=O) groups excluding carboxylic acids is 1. The van der Waals surface area contributed by atoms with Crippen LogP contribution >= 0.6 is 0 Å². The molecule has 6 heteroatoms. The van der Waals surface area contributed by atoms with E-state index in [2.05, 4.69) is 44.3 Å². The van der Waals surface area contributed by atoms with Crippen molar-refractivity contribution in [1.82, 2.24) is 10.2 Å². The molecule has 2 aromatic carbocycles. The predicted molar refractivity (Wildman–Crippen MR) is 129 cm³/mol. The van der Waals surface area contributed by atoms with Gasteiger partial charge in [-0.3, -0.25) is 9.69 Å².